The van der Waals surface area contributed by atoms with Gasteiger partial charge in [0.05, 0.1) is 13.1 Å². The second-order valence-electron chi connectivity index (χ2n) is 6.34. The van der Waals surface area contributed by atoms with Crippen molar-refractivity contribution < 1.29 is 0 Å². The van der Waals surface area contributed by atoms with Crippen molar-refractivity contribution in [1.82, 2.24) is 20.4 Å². The molecule has 2 aromatic rings. The van der Waals surface area contributed by atoms with Crippen molar-refractivity contribution in [3.63, 3.8) is 0 Å². The van der Waals surface area contributed by atoms with Gasteiger partial charge in [-0.2, -0.15) is 5.10 Å². The van der Waals surface area contributed by atoms with Crippen molar-refractivity contribution in [3.05, 3.63) is 53.9 Å². The van der Waals surface area contributed by atoms with Crippen LogP contribution in [-0.4, -0.2) is 28.3 Å². The molecule has 2 N–H and O–H groups in total. The van der Waals surface area contributed by atoms with E-state index < -0.39 is 0 Å². The van der Waals surface area contributed by atoms with E-state index in [0.717, 1.165) is 19.0 Å². The molecular formula is C19H29N5. The number of aromatic nitrogens is 2. The van der Waals surface area contributed by atoms with Gasteiger partial charge in [0.15, 0.2) is 5.96 Å². The van der Waals surface area contributed by atoms with Crippen LogP contribution in [0.5, 0.6) is 0 Å². The zero-order valence-electron chi connectivity index (χ0n) is 15.2. The van der Waals surface area contributed by atoms with Gasteiger partial charge in [-0.15, -0.1) is 0 Å². The Bertz CT molecular complexity index is 631. The number of aliphatic imine (C=N–C) groups is 1. The lowest BCUT2D eigenvalue weighted by molar-refractivity contribution is 0.481. The molecule has 1 atom stereocenters. The molecule has 1 aromatic carbocycles. The summed E-state index contributed by atoms with van der Waals surface area (Å²) in [4.78, 5) is 4.76. The molecule has 1 unspecified atom stereocenters. The maximum absolute atomic E-state index is 4.76. The molecule has 0 saturated heterocycles. The van der Waals surface area contributed by atoms with Gasteiger partial charge >= 0.3 is 0 Å². The van der Waals surface area contributed by atoms with E-state index in [1.807, 2.05) is 16.9 Å². The zero-order valence-corrected chi connectivity index (χ0v) is 15.2. The van der Waals surface area contributed by atoms with Crippen molar-refractivity contribution in [1.29, 1.82) is 0 Å². The normalized spacial score (nSPS) is 13.1. The minimum atomic E-state index is 0.377. The number of guanidine groups is 1. The fourth-order valence-electron chi connectivity index (χ4n) is 2.30. The predicted octanol–water partition coefficient (Wildman–Crippen LogP) is 3.03. The maximum Gasteiger partial charge on any atom is 0.191 e. The fraction of sp³-hybridized carbons (Fsp3) is 0.474. The minimum absolute atomic E-state index is 0.377. The molecule has 0 spiro atoms. The summed E-state index contributed by atoms with van der Waals surface area (Å²) in [5, 5.41) is 11.1. The molecule has 0 aliphatic heterocycles. The van der Waals surface area contributed by atoms with E-state index in [9.17, 15) is 0 Å². The first-order chi connectivity index (χ1) is 11.6. The lowest BCUT2D eigenvalue weighted by atomic mass is 10.1. The molecule has 5 heteroatoms. The summed E-state index contributed by atoms with van der Waals surface area (Å²) in [6.07, 6.45) is 3.79. The predicted molar refractivity (Wildman–Crippen MR) is 100 cm³/mol. The Morgan fingerprint density at radius 3 is 2.54 bits per heavy atom. The zero-order chi connectivity index (χ0) is 17.4. The van der Waals surface area contributed by atoms with Gasteiger partial charge < -0.3 is 10.6 Å². The monoisotopic (exact) mass is 327 g/mol. The lowest BCUT2D eigenvalue weighted by Gasteiger charge is -2.20. The molecule has 0 aliphatic carbocycles. The molecule has 0 saturated carbocycles. The first kappa shape index (κ1) is 18.0. The van der Waals surface area contributed by atoms with Crippen molar-refractivity contribution in [2.24, 2.45) is 10.9 Å². The molecular weight excluding hydrogens is 298 g/mol. The van der Waals surface area contributed by atoms with Crippen LogP contribution in [-0.2, 0) is 13.1 Å². The maximum atomic E-state index is 4.76. The first-order valence-corrected chi connectivity index (χ1v) is 8.69. The third-order valence-corrected chi connectivity index (χ3v) is 4.13. The van der Waals surface area contributed by atoms with E-state index in [1.165, 1.54) is 11.1 Å². The topological polar surface area (TPSA) is 54.2 Å². The highest BCUT2D eigenvalue weighted by Gasteiger charge is 2.09. The molecule has 5 nitrogen and oxygen atoms in total. The Balaban J connectivity index is 2.10. The van der Waals surface area contributed by atoms with Crippen LogP contribution < -0.4 is 10.6 Å². The molecule has 0 radical (unpaired) electrons. The number of benzene rings is 1. The Morgan fingerprint density at radius 2 is 1.92 bits per heavy atom. The quantitative estimate of drug-likeness (QED) is 0.607. The third kappa shape index (κ3) is 5.41. The average Bonchev–Trinajstić information content (AvgIpc) is 3.07. The Hall–Kier alpha value is -2.30. The Morgan fingerprint density at radius 1 is 1.17 bits per heavy atom. The van der Waals surface area contributed by atoms with E-state index >= 15 is 0 Å². The number of nitrogens with zero attached hydrogens (tertiary/aromatic N) is 3. The van der Waals surface area contributed by atoms with Gasteiger partial charge in [0.1, 0.15) is 0 Å². The molecule has 1 aromatic heterocycles. The molecule has 1 heterocycles. The standard InChI is InChI=1S/C19H29N5/c1-5-20-19(23-16(4)15(2)3)21-13-17-9-6-7-10-18(17)14-24-12-8-11-22-24/h6-12,15-16H,5,13-14H2,1-4H3,(H2,20,21,23). The molecule has 2 rings (SSSR count). The van der Waals surface area contributed by atoms with Gasteiger partial charge in [0, 0.05) is 25.0 Å². The van der Waals surface area contributed by atoms with Crippen molar-refractivity contribution in [2.45, 2.75) is 46.8 Å². The Kier molecular flexibility index (Phi) is 6.85. The van der Waals surface area contributed by atoms with Crippen LogP contribution in [0.1, 0.15) is 38.8 Å². The summed E-state index contributed by atoms with van der Waals surface area (Å²) in [7, 11) is 0. The largest absolute Gasteiger partial charge is 0.357 e. The number of hydrogen-bond acceptors (Lipinski definition) is 2. The molecule has 0 bridgehead atoms. The lowest BCUT2D eigenvalue weighted by Crippen LogP contribution is -2.44. The minimum Gasteiger partial charge on any atom is -0.357 e. The van der Waals surface area contributed by atoms with Crippen LogP contribution in [0.2, 0.25) is 0 Å². The van der Waals surface area contributed by atoms with Crippen LogP contribution >= 0.6 is 0 Å². The van der Waals surface area contributed by atoms with E-state index in [1.54, 1.807) is 6.20 Å². The fourth-order valence-corrected chi connectivity index (χ4v) is 2.30. The third-order valence-electron chi connectivity index (χ3n) is 4.13. The van der Waals surface area contributed by atoms with Crippen LogP contribution in [0.4, 0.5) is 0 Å². The van der Waals surface area contributed by atoms with Gasteiger partial charge in [0.25, 0.3) is 0 Å². The molecule has 0 amide bonds. The number of hydrogen-bond donors (Lipinski definition) is 2. The summed E-state index contributed by atoms with van der Waals surface area (Å²) < 4.78 is 1.94. The van der Waals surface area contributed by atoms with Gasteiger partial charge in [-0.05, 0) is 37.0 Å². The summed E-state index contributed by atoms with van der Waals surface area (Å²) >= 11 is 0. The molecule has 0 aliphatic rings. The highest BCUT2D eigenvalue weighted by molar-refractivity contribution is 5.80. The van der Waals surface area contributed by atoms with Gasteiger partial charge in [-0.3, -0.25) is 4.68 Å². The van der Waals surface area contributed by atoms with Gasteiger partial charge in [0.2, 0.25) is 0 Å². The SMILES string of the molecule is CCNC(=NCc1ccccc1Cn1cccn1)NC(C)C(C)C. The molecule has 0 fully saturated rings. The summed E-state index contributed by atoms with van der Waals surface area (Å²) in [5.41, 5.74) is 2.47. The van der Waals surface area contributed by atoms with Gasteiger partial charge in [-0.1, -0.05) is 38.1 Å². The molecule has 130 valence electrons. The first-order valence-electron chi connectivity index (χ1n) is 8.69. The number of nitrogens with one attached hydrogen (secondary N) is 2. The van der Waals surface area contributed by atoms with Crippen molar-refractivity contribution in [3.8, 4) is 0 Å². The van der Waals surface area contributed by atoms with E-state index in [-0.39, 0.29) is 0 Å². The summed E-state index contributed by atoms with van der Waals surface area (Å²) in [6, 6.07) is 10.7. The van der Waals surface area contributed by atoms with Crippen LogP contribution in [0, 0.1) is 5.92 Å². The summed E-state index contributed by atoms with van der Waals surface area (Å²) in [6.45, 7) is 11.0. The highest BCUT2D eigenvalue weighted by atomic mass is 15.3. The van der Waals surface area contributed by atoms with Crippen LogP contribution in [0.3, 0.4) is 0 Å². The summed E-state index contributed by atoms with van der Waals surface area (Å²) in [5.74, 6) is 1.42. The van der Waals surface area contributed by atoms with Gasteiger partial charge in [-0.25, -0.2) is 4.99 Å². The van der Waals surface area contributed by atoms with Crippen LogP contribution in [0.25, 0.3) is 0 Å². The average molecular weight is 327 g/mol. The second-order valence-corrected chi connectivity index (χ2v) is 6.34. The highest BCUT2D eigenvalue weighted by Crippen LogP contribution is 2.12. The smallest absolute Gasteiger partial charge is 0.191 e. The van der Waals surface area contributed by atoms with Crippen molar-refractivity contribution >= 4 is 5.96 Å². The van der Waals surface area contributed by atoms with E-state index in [0.29, 0.717) is 18.5 Å². The Labute approximate surface area is 145 Å². The molecule has 24 heavy (non-hydrogen) atoms. The number of rotatable bonds is 7. The van der Waals surface area contributed by atoms with Crippen molar-refractivity contribution in [2.75, 3.05) is 6.54 Å². The van der Waals surface area contributed by atoms with Crippen LogP contribution in [0.15, 0.2) is 47.7 Å². The second kappa shape index (κ2) is 9.11. The van der Waals surface area contributed by atoms with E-state index in [2.05, 4.69) is 67.7 Å². The van der Waals surface area contributed by atoms with E-state index in [4.69, 9.17) is 4.99 Å².